The van der Waals surface area contributed by atoms with E-state index in [9.17, 15) is 13.2 Å². The van der Waals surface area contributed by atoms with E-state index in [2.05, 4.69) is 167 Å². The molecule has 2 unspecified atom stereocenters. The molecule has 0 spiro atoms. The summed E-state index contributed by atoms with van der Waals surface area (Å²) in [6.45, 7) is 28.9. The molecule has 0 radical (unpaired) electrons. The number of hydrogen-bond donors (Lipinski definition) is 0. The summed E-state index contributed by atoms with van der Waals surface area (Å²) in [5.74, 6) is 0. The topological polar surface area (TPSA) is 0 Å². The van der Waals surface area contributed by atoms with Gasteiger partial charge in [-0.05, 0) is 0 Å². The molecule has 0 aliphatic heterocycles. The average molecular weight is 885 g/mol. The van der Waals surface area contributed by atoms with E-state index >= 15 is 0 Å². The molecule has 0 heterocycles. The quantitative estimate of drug-likeness (QED) is 0.169. The third-order valence-corrected chi connectivity index (χ3v) is 35.0. The van der Waals surface area contributed by atoms with Crippen LogP contribution in [0.15, 0.2) is 83.9 Å². The summed E-state index contributed by atoms with van der Waals surface area (Å²) in [7, 11) is 0. The second-order valence-corrected chi connectivity index (χ2v) is 47.8. The van der Waals surface area contributed by atoms with Crippen LogP contribution in [0.25, 0.3) is 33.4 Å². The molecule has 55 heavy (non-hydrogen) atoms. The van der Waals surface area contributed by atoms with Crippen molar-refractivity contribution in [3.63, 3.8) is 0 Å². The first-order valence-electron chi connectivity index (χ1n) is 19.3. The summed E-state index contributed by atoms with van der Waals surface area (Å²) in [5.41, 5.74) is 19.3. The Morgan fingerprint density at radius 1 is 0.564 bits per heavy atom. The zero-order valence-corrected chi connectivity index (χ0v) is 40.7. The Kier molecular flexibility index (Phi) is 12.6. The monoisotopic (exact) mass is 882 g/mol. The zero-order valence-electron chi connectivity index (χ0n) is 35.2. The van der Waals surface area contributed by atoms with E-state index in [4.69, 9.17) is 0 Å². The number of alkyl halides is 3. The third kappa shape index (κ3) is 8.13. The molecular formula is C48H61Cl2F3SiZr. The SMILES string of the molecule is CC1=C(C(C)(C)C)[CH]([Zr]([CH3])(=[SiH2])([CH2]CC(F)(F)F)[CH]2C(C(C)(C)C)=C(C)c3c(-c4cc(C)cc(C)c4)cccc32)c2cccc(-c3cc(C)cc(C)c3)c21.Cl.Cl. The third-order valence-electron chi connectivity index (χ3n) is 12.5. The molecular weight excluding hydrogens is 824 g/mol. The standard InChI is InChI=1S/2C22H25.C3H4F3.CH3.2ClH.H2Si.Zr/c2*1-14-10-15(2)12-18(11-14)19-9-7-8-17-13-20(22(4,5)6)16(3)21(17)19;1-2-3(4,5)6;;;;;/h2*7-13H,1-6H3;1-2H2;1H3;2*1H;1H2;. The molecule has 2 aliphatic rings. The zero-order chi connectivity index (χ0) is 39.2. The Morgan fingerprint density at radius 3 is 1.18 bits per heavy atom. The van der Waals surface area contributed by atoms with Gasteiger partial charge in [0.15, 0.2) is 0 Å². The van der Waals surface area contributed by atoms with E-state index in [0.717, 1.165) is 0 Å². The molecule has 2 atom stereocenters. The molecule has 0 aromatic heterocycles. The molecule has 2 aliphatic carbocycles. The van der Waals surface area contributed by atoms with E-state index in [1.54, 1.807) is 0 Å². The van der Waals surface area contributed by atoms with Crippen LogP contribution in [0.3, 0.4) is 0 Å². The van der Waals surface area contributed by atoms with Crippen LogP contribution in [0.4, 0.5) is 13.2 Å². The Bertz CT molecular complexity index is 2110. The van der Waals surface area contributed by atoms with Gasteiger partial charge in [-0.15, -0.1) is 24.8 Å². The van der Waals surface area contributed by atoms with Crippen molar-refractivity contribution in [3.8, 4) is 22.3 Å². The van der Waals surface area contributed by atoms with Gasteiger partial charge in [0.1, 0.15) is 0 Å². The number of rotatable bonds is 6. The number of allylic oxidation sites excluding steroid dienone is 4. The number of benzene rings is 4. The fourth-order valence-electron chi connectivity index (χ4n) is 11.0. The van der Waals surface area contributed by atoms with Crippen molar-refractivity contribution in [3.05, 3.63) is 128 Å². The number of halogens is 5. The van der Waals surface area contributed by atoms with Gasteiger partial charge < -0.3 is 0 Å². The van der Waals surface area contributed by atoms with Gasteiger partial charge in [-0.25, -0.2) is 0 Å². The van der Waals surface area contributed by atoms with E-state index in [1.165, 1.54) is 89.1 Å². The van der Waals surface area contributed by atoms with E-state index in [1.807, 2.05) is 0 Å². The van der Waals surface area contributed by atoms with Crippen LogP contribution in [-0.4, -0.2) is 13.1 Å². The first-order valence-corrected chi connectivity index (χ1v) is 32.3. The van der Waals surface area contributed by atoms with Crippen LogP contribution in [-0.2, 0) is 17.4 Å². The van der Waals surface area contributed by atoms with E-state index in [0.29, 0.717) is 0 Å². The van der Waals surface area contributed by atoms with Crippen molar-refractivity contribution in [2.45, 2.75) is 112 Å². The summed E-state index contributed by atoms with van der Waals surface area (Å²) in [5, 5.41) is 0. The number of aryl methyl sites for hydroxylation is 4. The Hall–Kier alpha value is -2.17. The average Bonchev–Trinajstić information content (AvgIpc) is 3.52. The van der Waals surface area contributed by atoms with Crippen LogP contribution >= 0.6 is 24.8 Å². The summed E-state index contributed by atoms with van der Waals surface area (Å²) in [4.78, 5) is 0. The molecule has 7 heteroatoms. The molecule has 0 saturated heterocycles. The second-order valence-electron chi connectivity index (χ2n) is 19.4. The minimum atomic E-state index is -4.93. The fraction of sp³-hybridized carbons (Fsp3) is 0.417. The van der Waals surface area contributed by atoms with Gasteiger partial charge in [0.25, 0.3) is 0 Å². The van der Waals surface area contributed by atoms with Crippen LogP contribution in [0, 0.1) is 38.5 Å². The van der Waals surface area contributed by atoms with Gasteiger partial charge in [0.2, 0.25) is 0 Å². The number of fused-ring (bicyclic) bond motifs is 2. The van der Waals surface area contributed by atoms with E-state index < -0.39 is 30.0 Å². The van der Waals surface area contributed by atoms with Gasteiger partial charge in [0, 0.05) is 0 Å². The predicted molar refractivity (Wildman–Crippen MR) is 237 cm³/mol. The summed E-state index contributed by atoms with van der Waals surface area (Å²) >= 11 is -4.93. The fourth-order valence-corrected chi connectivity index (χ4v) is 34.9. The Balaban J connectivity index is 0.00000336. The van der Waals surface area contributed by atoms with Gasteiger partial charge in [0.05, 0.1) is 0 Å². The van der Waals surface area contributed by atoms with Crippen molar-refractivity contribution in [1.29, 1.82) is 0 Å². The minimum Gasteiger partial charge on any atom is -0.147 e. The molecule has 0 nitrogen and oxygen atoms in total. The van der Waals surface area contributed by atoms with Gasteiger partial charge in [-0.1, -0.05) is 0 Å². The molecule has 6 rings (SSSR count). The molecule has 0 saturated carbocycles. The van der Waals surface area contributed by atoms with Gasteiger partial charge in [-0.2, -0.15) is 0 Å². The molecule has 296 valence electrons. The van der Waals surface area contributed by atoms with Crippen LogP contribution in [0.2, 0.25) is 8.76 Å². The van der Waals surface area contributed by atoms with Gasteiger partial charge >= 0.3 is 322 Å². The smallest absolute Gasteiger partial charge is 0.147 e. The maximum absolute atomic E-state index is 14.9. The van der Waals surface area contributed by atoms with Crippen LogP contribution < -0.4 is 0 Å². The number of hydrogen-bond acceptors (Lipinski definition) is 0. The molecule has 0 amide bonds. The first-order chi connectivity index (χ1) is 24.3. The van der Waals surface area contributed by atoms with Crippen LogP contribution in [0.1, 0.15) is 114 Å². The Labute approximate surface area is 344 Å². The van der Waals surface area contributed by atoms with Crippen molar-refractivity contribution < 1.29 is 30.6 Å². The van der Waals surface area contributed by atoms with Crippen molar-refractivity contribution >= 4 is 42.8 Å². The minimum absolute atomic E-state index is 0. The van der Waals surface area contributed by atoms with E-state index in [-0.39, 0.29) is 47.0 Å². The second kappa shape index (κ2) is 15.2. The Morgan fingerprint density at radius 2 is 0.891 bits per heavy atom. The molecule has 4 aromatic rings. The van der Waals surface area contributed by atoms with Crippen molar-refractivity contribution in [2.75, 3.05) is 0 Å². The summed E-state index contributed by atoms with van der Waals surface area (Å²) in [6.07, 6.45) is -5.01. The first kappa shape index (κ1) is 45.5. The van der Waals surface area contributed by atoms with Crippen LogP contribution in [0.5, 0.6) is 0 Å². The predicted octanol–water partition coefficient (Wildman–Crippen LogP) is 15.2. The van der Waals surface area contributed by atoms with Gasteiger partial charge in [-0.3, -0.25) is 0 Å². The molecule has 0 fully saturated rings. The normalized spacial score (nSPS) is 17.5. The maximum Gasteiger partial charge on any atom is -0.147 e. The summed E-state index contributed by atoms with van der Waals surface area (Å²) < 4.78 is 47.2. The molecule has 4 aromatic carbocycles. The maximum atomic E-state index is 14.9. The summed E-state index contributed by atoms with van der Waals surface area (Å²) in [6, 6.07) is 26.8. The van der Waals surface area contributed by atoms with Crippen molar-refractivity contribution in [1.82, 2.24) is 0 Å². The molecule has 0 bridgehead atoms. The molecule has 0 N–H and O–H groups in total. The van der Waals surface area contributed by atoms with Crippen molar-refractivity contribution in [2.24, 2.45) is 10.8 Å². The largest absolute Gasteiger partial charge is 0.147 e.